The molecule has 10 aromatic rings. The Balaban J connectivity index is 1.12. The van der Waals surface area contributed by atoms with Crippen molar-refractivity contribution in [3.63, 3.8) is 0 Å². The van der Waals surface area contributed by atoms with E-state index >= 15 is 0 Å². The van der Waals surface area contributed by atoms with Gasteiger partial charge in [-0.3, -0.25) is 0 Å². The van der Waals surface area contributed by atoms with Crippen molar-refractivity contribution in [3.8, 4) is 66.8 Å². The second-order valence-corrected chi connectivity index (χ2v) is 18.2. The first-order valence-corrected chi connectivity index (χ1v) is 23.0. The van der Waals surface area contributed by atoms with Gasteiger partial charge in [0.1, 0.15) is 0 Å². The van der Waals surface area contributed by atoms with Crippen LogP contribution in [0.1, 0.15) is 25.0 Å². The van der Waals surface area contributed by atoms with E-state index in [1.165, 1.54) is 100 Å². The van der Waals surface area contributed by atoms with Crippen LogP contribution in [0.3, 0.4) is 0 Å². The summed E-state index contributed by atoms with van der Waals surface area (Å²) in [6.45, 7) is 4.84. The molecule has 312 valence electrons. The minimum Gasteiger partial charge on any atom is -0.355 e. The fourth-order valence-corrected chi connectivity index (χ4v) is 10.6. The van der Waals surface area contributed by atoms with Gasteiger partial charge in [-0.15, -0.1) is 0 Å². The molecule has 0 saturated carbocycles. The Morgan fingerprint density at radius 2 is 0.879 bits per heavy atom. The molecule has 12 rings (SSSR count). The highest BCUT2D eigenvalue weighted by molar-refractivity contribution is 6.73. The Labute approximate surface area is 388 Å². The average Bonchev–Trinajstić information content (AvgIpc) is 3.62. The molecule has 2 nitrogen and oxygen atoms in total. The highest BCUT2D eigenvalue weighted by Gasteiger charge is 2.43. The summed E-state index contributed by atoms with van der Waals surface area (Å²) in [6, 6.07) is 86.6. The Morgan fingerprint density at radius 1 is 0.394 bits per heavy atom. The monoisotopic (exact) mass is 842 g/mol. The molecule has 3 heteroatoms. The molecule has 0 saturated heterocycles. The van der Waals surface area contributed by atoms with Crippen LogP contribution >= 0.6 is 0 Å². The lowest BCUT2D eigenvalue weighted by molar-refractivity contribution is 0.661. The largest absolute Gasteiger partial charge is 0.355 e. The fourth-order valence-electron chi connectivity index (χ4n) is 10.6. The van der Waals surface area contributed by atoms with Gasteiger partial charge in [0.05, 0.1) is 0 Å². The zero-order valence-electron chi connectivity index (χ0n) is 37.2. The molecule has 0 radical (unpaired) electrons. The van der Waals surface area contributed by atoms with Crippen molar-refractivity contribution in [2.75, 3.05) is 10.2 Å². The molecule has 1 N–H and O–H groups in total. The van der Waals surface area contributed by atoms with Crippen molar-refractivity contribution in [2.45, 2.75) is 19.3 Å². The molecular formula is C63H47BN2. The third-order valence-corrected chi connectivity index (χ3v) is 13.9. The zero-order chi connectivity index (χ0) is 44.2. The van der Waals surface area contributed by atoms with Crippen LogP contribution in [0.15, 0.2) is 237 Å². The van der Waals surface area contributed by atoms with Gasteiger partial charge in [-0.1, -0.05) is 207 Å². The number of nitrogens with one attached hydrogen (secondary N) is 1. The quantitative estimate of drug-likeness (QED) is 0.153. The van der Waals surface area contributed by atoms with E-state index in [4.69, 9.17) is 0 Å². The second kappa shape index (κ2) is 16.1. The van der Waals surface area contributed by atoms with E-state index in [0.29, 0.717) is 0 Å². The van der Waals surface area contributed by atoms with Gasteiger partial charge in [-0.2, -0.15) is 0 Å². The predicted octanol–water partition coefficient (Wildman–Crippen LogP) is 15.2. The van der Waals surface area contributed by atoms with Crippen molar-refractivity contribution in [1.82, 2.24) is 0 Å². The summed E-state index contributed by atoms with van der Waals surface area (Å²) in [5.41, 5.74) is 25.5. The molecule has 0 bridgehead atoms. The fraction of sp³-hybridized carbons (Fsp3) is 0.0476. The van der Waals surface area contributed by atoms with Crippen molar-refractivity contribution in [3.05, 3.63) is 248 Å². The third kappa shape index (κ3) is 6.83. The van der Waals surface area contributed by atoms with E-state index in [-0.39, 0.29) is 5.41 Å². The number of nitrogens with zero attached hydrogens (tertiary/aromatic N) is 1. The van der Waals surface area contributed by atoms with Crippen LogP contribution in [0.5, 0.6) is 0 Å². The van der Waals surface area contributed by atoms with Crippen molar-refractivity contribution in [1.29, 1.82) is 0 Å². The lowest BCUT2D eigenvalue weighted by Crippen LogP contribution is -2.42. The number of rotatable bonds is 8. The van der Waals surface area contributed by atoms with Crippen LogP contribution in [0.2, 0.25) is 0 Å². The normalized spacial score (nSPS) is 12.9. The van der Waals surface area contributed by atoms with Crippen LogP contribution in [0.25, 0.3) is 66.8 Å². The van der Waals surface area contributed by atoms with E-state index in [0.717, 1.165) is 24.3 Å². The SMILES string of the molecule is CC1(C)c2ccccc2-c2cc(-c3cc(-c4ccccc4)ccc3Nc3ccc(-c4ccccc4)cc3)c3c(c21)N(c1ccc(-c2ccccc2)cc1)c1ccc(-c2ccccc2)cc1B3. The number of anilines is 5. The number of fused-ring (bicyclic) bond motifs is 6. The lowest BCUT2D eigenvalue weighted by atomic mass is 9.56. The van der Waals surface area contributed by atoms with E-state index in [1.807, 2.05) is 0 Å². The molecule has 0 atom stereocenters. The van der Waals surface area contributed by atoms with Gasteiger partial charge >= 0.3 is 0 Å². The summed E-state index contributed by atoms with van der Waals surface area (Å²) in [6.07, 6.45) is 0. The van der Waals surface area contributed by atoms with Gasteiger partial charge in [-0.25, -0.2) is 0 Å². The van der Waals surface area contributed by atoms with Gasteiger partial charge in [0, 0.05) is 39.4 Å². The minimum atomic E-state index is -0.258. The first kappa shape index (κ1) is 39.5. The Bertz CT molecular complexity index is 3400. The molecule has 0 fully saturated rings. The second-order valence-electron chi connectivity index (χ2n) is 18.2. The summed E-state index contributed by atoms with van der Waals surface area (Å²) >= 11 is 0. The maximum absolute atomic E-state index is 3.94. The summed E-state index contributed by atoms with van der Waals surface area (Å²) in [4.78, 5) is 2.59. The van der Waals surface area contributed by atoms with E-state index in [1.54, 1.807) is 0 Å². The molecule has 0 aromatic heterocycles. The molecule has 66 heavy (non-hydrogen) atoms. The van der Waals surface area contributed by atoms with Crippen LogP contribution in [-0.4, -0.2) is 7.28 Å². The Hall–Kier alpha value is -8.14. The first-order chi connectivity index (χ1) is 32.5. The van der Waals surface area contributed by atoms with Crippen LogP contribution in [-0.2, 0) is 5.41 Å². The summed E-state index contributed by atoms with van der Waals surface area (Å²) < 4.78 is 0. The number of benzene rings is 10. The highest BCUT2D eigenvalue weighted by atomic mass is 15.2. The van der Waals surface area contributed by atoms with E-state index in [2.05, 4.69) is 261 Å². The van der Waals surface area contributed by atoms with E-state index in [9.17, 15) is 0 Å². The zero-order valence-corrected chi connectivity index (χ0v) is 37.2. The predicted molar refractivity (Wildman–Crippen MR) is 282 cm³/mol. The maximum atomic E-state index is 3.94. The molecule has 0 spiro atoms. The van der Waals surface area contributed by atoms with Gasteiger partial charge in [0.15, 0.2) is 7.28 Å². The molecule has 1 heterocycles. The van der Waals surface area contributed by atoms with Crippen molar-refractivity contribution < 1.29 is 0 Å². The highest BCUT2D eigenvalue weighted by Crippen LogP contribution is 2.56. The molecule has 1 aliphatic heterocycles. The van der Waals surface area contributed by atoms with Gasteiger partial charge < -0.3 is 10.2 Å². The Morgan fingerprint density at radius 3 is 1.48 bits per heavy atom. The topological polar surface area (TPSA) is 15.3 Å². The summed E-state index contributed by atoms with van der Waals surface area (Å²) in [5.74, 6) is 0. The molecule has 2 aliphatic rings. The summed E-state index contributed by atoms with van der Waals surface area (Å²) in [5, 5.41) is 3.94. The van der Waals surface area contributed by atoms with Crippen molar-refractivity contribution in [2.24, 2.45) is 0 Å². The van der Waals surface area contributed by atoms with Gasteiger partial charge in [-0.05, 0) is 126 Å². The molecule has 0 amide bonds. The number of hydrogen-bond donors (Lipinski definition) is 1. The average molecular weight is 843 g/mol. The van der Waals surface area contributed by atoms with Gasteiger partial charge in [0.25, 0.3) is 0 Å². The van der Waals surface area contributed by atoms with Crippen LogP contribution in [0.4, 0.5) is 28.4 Å². The van der Waals surface area contributed by atoms with E-state index < -0.39 is 0 Å². The van der Waals surface area contributed by atoms with Crippen molar-refractivity contribution >= 4 is 46.6 Å². The number of hydrogen-bond acceptors (Lipinski definition) is 2. The Kier molecular flexibility index (Phi) is 9.65. The smallest absolute Gasteiger partial charge is 0.198 e. The maximum Gasteiger partial charge on any atom is 0.198 e. The molecule has 1 aliphatic carbocycles. The van der Waals surface area contributed by atoms with Crippen LogP contribution in [0, 0.1) is 0 Å². The minimum absolute atomic E-state index is 0.258. The lowest BCUT2D eigenvalue weighted by Gasteiger charge is -2.39. The third-order valence-electron chi connectivity index (χ3n) is 13.9. The standard InChI is InChI=1S/C63H47BN2/c1-63(2)56-26-16-15-25-52(56)54-41-55(53-39-48(44-21-11-5-12-22-44)31-37-58(53)65-50-33-27-46(28-34-50)42-17-7-3-8-18-42)61-62(60(54)63)66(51-35-29-47(30-36-51)43-19-9-4-10-20-43)59-38-32-49(40-57(59)64-61)45-23-13-6-14-24-45/h3-41,64-65H,1-2H3. The molecular weight excluding hydrogens is 796 g/mol. The summed E-state index contributed by atoms with van der Waals surface area (Å²) in [7, 11) is 0.778. The molecule has 10 aromatic carbocycles. The first-order valence-electron chi connectivity index (χ1n) is 23.0. The van der Waals surface area contributed by atoms with Gasteiger partial charge in [0.2, 0.25) is 0 Å². The molecule has 0 unspecified atom stereocenters. The van der Waals surface area contributed by atoms with Crippen LogP contribution < -0.4 is 21.1 Å².